The van der Waals surface area contributed by atoms with Crippen LogP contribution < -0.4 is 5.32 Å². The van der Waals surface area contributed by atoms with Crippen molar-refractivity contribution in [2.75, 3.05) is 13.6 Å². The molecule has 1 aromatic carbocycles. The zero-order valence-electron chi connectivity index (χ0n) is 11.5. The maximum Gasteiger partial charge on any atom is 0.296 e. The minimum Gasteiger partial charge on any atom is -0.342 e. The molecule has 1 heterocycles. The number of rotatable bonds is 2. The topological polar surface area (TPSA) is 32.3 Å². The molecule has 2 unspecified atom stereocenters. The second-order valence-electron chi connectivity index (χ2n) is 4.98. The summed E-state index contributed by atoms with van der Waals surface area (Å²) in [5.41, 5.74) is 1.31. The quantitative estimate of drug-likeness (QED) is 0.820. The van der Waals surface area contributed by atoms with Crippen molar-refractivity contribution in [2.24, 2.45) is 0 Å². The molecule has 19 heavy (non-hydrogen) atoms. The molecule has 1 saturated heterocycles. The Morgan fingerprint density at radius 3 is 2.79 bits per heavy atom. The Kier molecular flexibility index (Phi) is 4.59. The van der Waals surface area contributed by atoms with Gasteiger partial charge in [0.1, 0.15) is 0 Å². The van der Waals surface area contributed by atoms with E-state index in [1.54, 1.807) is 6.92 Å². The van der Waals surface area contributed by atoms with Gasteiger partial charge in [-0.25, -0.2) is 0 Å². The Morgan fingerprint density at radius 2 is 2.11 bits per heavy atom. The fourth-order valence-electron chi connectivity index (χ4n) is 2.61. The normalized spacial score (nSPS) is 23.3. The van der Waals surface area contributed by atoms with E-state index in [2.05, 4.69) is 53.4 Å². The number of nitrogens with zero attached hydrogens (tertiary/aromatic N) is 1. The molecule has 1 aliphatic heterocycles. The van der Waals surface area contributed by atoms with Gasteiger partial charge in [0, 0.05) is 18.6 Å². The van der Waals surface area contributed by atoms with Gasteiger partial charge >= 0.3 is 0 Å². The largest absolute Gasteiger partial charge is 0.342 e. The molecule has 0 saturated carbocycles. The van der Waals surface area contributed by atoms with E-state index >= 15 is 0 Å². The van der Waals surface area contributed by atoms with E-state index in [1.165, 1.54) is 5.56 Å². The summed E-state index contributed by atoms with van der Waals surface area (Å²) in [5.74, 6) is 5.02. The molecule has 0 aliphatic carbocycles. The van der Waals surface area contributed by atoms with Crippen molar-refractivity contribution in [3.8, 4) is 11.8 Å². The summed E-state index contributed by atoms with van der Waals surface area (Å²) in [6.07, 6.45) is 1.93. The Hall–Kier alpha value is -1.79. The number of benzene rings is 1. The molecular formula is C16H20N2O. The molecule has 1 aliphatic rings. The van der Waals surface area contributed by atoms with Gasteiger partial charge in [-0.2, -0.15) is 0 Å². The molecule has 0 radical (unpaired) electrons. The number of piperidine rings is 1. The molecule has 0 bridgehead atoms. The average molecular weight is 256 g/mol. The predicted octanol–water partition coefficient (Wildman–Crippen LogP) is 1.96. The molecular weight excluding hydrogens is 236 g/mol. The zero-order chi connectivity index (χ0) is 13.7. The van der Waals surface area contributed by atoms with Gasteiger partial charge in [0.25, 0.3) is 5.91 Å². The minimum absolute atomic E-state index is 0.163. The van der Waals surface area contributed by atoms with Crippen molar-refractivity contribution in [1.82, 2.24) is 10.2 Å². The van der Waals surface area contributed by atoms with E-state index in [9.17, 15) is 4.79 Å². The predicted molar refractivity (Wildman–Crippen MR) is 76.4 cm³/mol. The lowest BCUT2D eigenvalue weighted by molar-refractivity contribution is -0.116. The standard InChI is InChI=1S/C16H20N2O/c1-3-7-16(19)17-14-10-11-18(2)15(12-14)13-8-5-4-6-9-13/h4-6,8-9,14-15H,10-12H2,1-2H3,(H,17,19). The van der Waals surface area contributed by atoms with Crippen LogP contribution in [0, 0.1) is 11.8 Å². The van der Waals surface area contributed by atoms with Crippen molar-refractivity contribution >= 4 is 5.91 Å². The van der Waals surface area contributed by atoms with E-state index in [0.29, 0.717) is 6.04 Å². The van der Waals surface area contributed by atoms with Crippen LogP contribution in [0.1, 0.15) is 31.4 Å². The van der Waals surface area contributed by atoms with Crippen molar-refractivity contribution in [2.45, 2.75) is 31.8 Å². The molecule has 0 spiro atoms. The monoisotopic (exact) mass is 256 g/mol. The van der Waals surface area contributed by atoms with Crippen LogP contribution in [0.3, 0.4) is 0 Å². The molecule has 2 rings (SSSR count). The number of hydrogen-bond donors (Lipinski definition) is 1. The summed E-state index contributed by atoms with van der Waals surface area (Å²) in [4.78, 5) is 13.9. The van der Waals surface area contributed by atoms with Gasteiger partial charge in [0.05, 0.1) is 0 Å². The lowest BCUT2D eigenvalue weighted by Crippen LogP contribution is -2.44. The third-order valence-corrected chi connectivity index (χ3v) is 3.63. The highest BCUT2D eigenvalue weighted by atomic mass is 16.1. The fraction of sp³-hybridized carbons (Fsp3) is 0.438. The highest BCUT2D eigenvalue weighted by Gasteiger charge is 2.27. The van der Waals surface area contributed by atoms with Crippen LogP contribution in [0.5, 0.6) is 0 Å². The number of carbonyl (C=O) groups excluding carboxylic acids is 1. The van der Waals surface area contributed by atoms with Gasteiger partial charge in [-0.1, -0.05) is 36.3 Å². The lowest BCUT2D eigenvalue weighted by atomic mass is 9.92. The van der Waals surface area contributed by atoms with E-state index in [4.69, 9.17) is 0 Å². The van der Waals surface area contributed by atoms with E-state index < -0.39 is 0 Å². The minimum atomic E-state index is -0.163. The third-order valence-electron chi connectivity index (χ3n) is 3.63. The number of nitrogens with one attached hydrogen (secondary N) is 1. The van der Waals surface area contributed by atoms with Crippen LogP contribution in [-0.4, -0.2) is 30.4 Å². The van der Waals surface area contributed by atoms with Crippen molar-refractivity contribution in [3.05, 3.63) is 35.9 Å². The number of amides is 1. The van der Waals surface area contributed by atoms with E-state index in [-0.39, 0.29) is 11.9 Å². The van der Waals surface area contributed by atoms with Crippen LogP contribution >= 0.6 is 0 Å². The molecule has 3 heteroatoms. The second kappa shape index (κ2) is 6.40. The highest BCUT2D eigenvalue weighted by molar-refractivity contribution is 5.93. The fourth-order valence-corrected chi connectivity index (χ4v) is 2.61. The van der Waals surface area contributed by atoms with Crippen molar-refractivity contribution < 1.29 is 4.79 Å². The maximum atomic E-state index is 11.5. The SMILES string of the molecule is CC#CC(=O)NC1CCN(C)C(c2ccccc2)C1. The molecule has 1 fully saturated rings. The maximum absolute atomic E-state index is 11.5. The van der Waals surface area contributed by atoms with Crippen molar-refractivity contribution in [1.29, 1.82) is 0 Å². The third kappa shape index (κ3) is 3.59. The second-order valence-corrected chi connectivity index (χ2v) is 4.98. The lowest BCUT2D eigenvalue weighted by Gasteiger charge is -2.37. The Balaban J connectivity index is 2.03. The van der Waals surface area contributed by atoms with Crippen LogP contribution in [0.25, 0.3) is 0 Å². The molecule has 100 valence electrons. The molecule has 1 N–H and O–H groups in total. The van der Waals surface area contributed by atoms with Gasteiger partial charge in [0.15, 0.2) is 0 Å². The van der Waals surface area contributed by atoms with Gasteiger partial charge < -0.3 is 5.32 Å². The van der Waals surface area contributed by atoms with Crippen LogP contribution in [0.2, 0.25) is 0 Å². The number of carbonyl (C=O) groups is 1. The van der Waals surface area contributed by atoms with E-state index in [0.717, 1.165) is 19.4 Å². The first-order valence-corrected chi connectivity index (χ1v) is 6.69. The molecule has 2 atom stereocenters. The number of likely N-dealkylation sites (tertiary alicyclic amines) is 1. The first-order valence-electron chi connectivity index (χ1n) is 6.69. The summed E-state index contributed by atoms with van der Waals surface area (Å²) in [5, 5.41) is 3.00. The van der Waals surface area contributed by atoms with Crippen molar-refractivity contribution in [3.63, 3.8) is 0 Å². The molecule has 0 aromatic heterocycles. The van der Waals surface area contributed by atoms with Crippen LogP contribution in [-0.2, 0) is 4.79 Å². The zero-order valence-corrected chi connectivity index (χ0v) is 11.5. The van der Waals surface area contributed by atoms with Gasteiger partial charge in [-0.3, -0.25) is 9.69 Å². The summed E-state index contributed by atoms with van der Waals surface area (Å²) >= 11 is 0. The summed E-state index contributed by atoms with van der Waals surface area (Å²) in [6.45, 7) is 2.67. The first kappa shape index (κ1) is 13.6. The van der Waals surface area contributed by atoms with Crippen LogP contribution in [0.4, 0.5) is 0 Å². The summed E-state index contributed by atoms with van der Waals surface area (Å²) < 4.78 is 0. The number of hydrogen-bond acceptors (Lipinski definition) is 2. The van der Waals surface area contributed by atoms with E-state index in [1.807, 2.05) is 6.07 Å². The highest BCUT2D eigenvalue weighted by Crippen LogP contribution is 2.29. The summed E-state index contributed by atoms with van der Waals surface area (Å²) in [6, 6.07) is 11.0. The van der Waals surface area contributed by atoms with Crippen LogP contribution in [0.15, 0.2) is 30.3 Å². The first-order chi connectivity index (χ1) is 9.20. The van der Waals surface area contributed by atoms with Gasteiger partial charge in [-0.05, 0) is 38.3 Å². The Labute approximate surface area is 115 Å². The average Bonchev–Trinajstić information content (AvgIpc) is 2.42. The summed E-state index contributed by atoms with van der Waals surface area (Å²) in [7, 11) is 2.14. The molecule has 1 amide bonds. The smallest absolute Gasteiger partial charge is 0.296 e. The Morgan fingerprint density at radius 1 is 1.37 bits per heavy atom. The molecule has 3 nitrogen and oxygen atoms in total. The van der Waals surface area contributed by atoms with Gasteiger partial charge in [-0.15, -0.1) is 0 Å². The molecule has 1 aromatic rings. The van der Waals surface area contributed by atoms with Gasteiger partial charge in [0.2, 0.25) is 0 Å². The Bertz CT molecular complexity index is 486.